The van der Waals surface area contributed by atoms with Crippen molar-refractivity contribution in [3.63, 3.8) is 0 Å². The van der Waals surface area contributed by atoms with Crippen LogP contribution in [0.3, 0.4) is 0 Å². The molecule has 26 heavy (non-hydrogen) atoms. The van der Waals surface area contributed by atoms with Gasteiger partial charge in [0.05, 0.1) is 13.2 Å². The molecule has 2 aromatic rings. The number of amides is 1. The van der Waals surface area contributed by atoms with Crippen LogP contribution in [0.15, 0.2) is 36.0 Å². The minimum atomic E-state index is -0.127. The molecule has 0 atom stereocenters. The minimum absolute atomic E-state index is 0.127. The van der Waals surface area contributed by atoms with Gasteiger partial charge in [0.25, 0.3) is 5.91 Å². The van der Waals surface area contributed by atoms with Crippen LogP contribution in [0.4, 0.5) is 0 Å². The third-order valence-corrected chi connectivity index (χ3v) is 4.89. The molecule has 0 aliphatic carbocycles. The van der Waals surface area contributed by atoms with Crippen molar-refractivity contribution in [1.29, 1.82) is 0 Å². The zero-order chi connectivity index (χ0) is 18.8. The van der Waals surface area contributed by atoms with Crippen LogP contribution in [0.5, 0.6) is 11.5 Å². The number of hydrogen-bond donors (Lipinski definition) is 0. The summed E-state index contributed by atoms with van der Waals surface area (Å²) in [4.78, 5) is 15.8. The molecule has 0 spiro atoms. The van der Waals surface area contributed by atoms with Crippen LogP contribution in [0.2, 0.25) is 0 Å². The summed E-state index contributed by atoms with van der Waals surface area (Å²) in [5.74, 6) is 1.38. The molecule has 1 fully saturated rings. The molecule has 0 unspecified atom stereocenters. The molecule has 0 aromatic heterocycles. The monoisotopic (exact) mass is 370 g/mol. The first kappa shape index (κ1) is 18.2. The number of likely N-dealkylation sites (N-methyl/N-ethyl adjacent to an activating group) is 2. The number of hydrogen-bond acceptors (Lipinski definition) is 4. The third kappa shape index (κ3) is 3.12. The topological polar surface area (TPSA) is 42.0 Å². The SMILES string of the molecule is CCOc1ccc2ccc(OCC)c(/C=C3/C(=O)N(C)C(=S)N3C)c2c1. The highest BCUT2D eigenvalue weighted by atomic mass is 32.1. The number of thiocarbonyl (C=S) groups is 1. The maximum absolute atomic E-state index is 12.6. The van der Waals surface area contributed by atoms with Crippen molar-refractivity contribution in [3.05, 3.63) is 41.6 Å². The molecule has 2 aromatic carbocycles. The van der Waals surface area contributed by atoms with Crippen LogP contribution in [-0.4, -0.2) is 48.1 Å². The molecule has 1 heterocycles. The number of benzene rings is 2. The lowest BCUT2D eigenvalue weighted by atomic mass is 10.0. The van der Waals surface area contributed by atoms with Gasteiger partial charge < -0.3 is 14.4 Å². The van der Waals surface area contributed by atoms with Gasteiger partial charge in [0.1, 0.15) is 17.2 Å². The van der Waals surface area contributed by atoms with E-state index in [2.05, 4.69) is 0 Å². The minimum Gasteiger partial charge on any atom is -0.494 e. The summed E-state index contributed by atoms with van der Waals surface area (Å²) in [6.07, 6.45) is 1.85. The molecule has 5 nitrogen and oxygen atoms in total. The number of fused-ring (bicyclic) bond motifs is 1. The first-order chi connectivity index (χ1) is 12.5. The first-order valence-electron chi connectivity index (χ1n) is 8.57. The van der Waals surface area contributed by atoms with E-state index < -0.39 is 0 Å². The number of carbonyl (C=O) groups is 1. The highest BCUT2D eigenvalue weighted by molar-refractivity contribution is 7.80. The van der Waals surface area contributed by atoms with Gasteiger partial charge >= 0.3 is 0 Å². The van der Waals surface area contributed by atoms with Gasteiger partial charge in [-0.1, -0.05) is 12.1 Å². The number of nitrogens with zero attached hydrogens (tertiary/aromatic N) is 2. The van der Waals surface area contributed by atoms with Gasteiger partial charge in [0, 0.05) is 19.7 Å². The zero-order valence-corrected chi connectivity index (χ0v) is 16.2. The van der Waals surface area contributed by atoms with E-state index in [1.807, 2.05) is 50.3 Å². The fourth-order valence-corrected chi connectivity index (χ4v) is 3.20. The van der Waals surface area contributed by atoms with Gasteiger partial charge in [0.2, 0.25) is 0 Å². The molecule has 0 saturated carbocycles. The van der Waals surface area contributed by atoms with Crippen molar-refractivity contribution in [1.82, 2.24) is 9.80 Å². The van der Waals surface area contributed by atoms with Crippen molar-refractivity contribution in [2.75, 3.05) is 27.3 Å². The third-order valence-electron chi connectivity index (χ3n) is 4.35. The van der Waals surface area contributed by atoms with E-state index in [9.17, 15) is 4.79 Å². The molecule has 0 N–H and O–H groups in total. The lowest BCUT2D eigenvalue weighted by Gasteiger charge is -2.14. The Labute approximate surface area is 158 Å². The second-order valence-corrected chi connectivity index (χ2v) is 6.33. The fraction of sp³-hybridized carbons (Fsp3) is 0.300. The first-order valence-corrected chi connectivity index (χ1v) is 8.98. The highest BCUT2D eigenvalue weighted by Gasteiger charge is 2.33. The Kier molecular flexibility index (Phi) is 5.13. The summed E-state index contributed by atoms with van der Waals surface area (Å²) in [5.41, 5.74) is 1.37. The van der Waals surface area contributed by atoms with E-state index in [4.69, 9.17) is 21.7 Å². The quantitative estimate of drug-likeness (QED) is 0.593. The van der Waals surface area contributed by atoms with Gasteiger partial charge in [-0.2, -0.15) is 0 Å². The summed E-state index contributed by atoms with van der Waals surface area (Å²) in [7, 11) is 3.48. The molecule has 0 bridgehead atoms. The number of rotatable bonds is 5. The van der Waals surface area contributed by atoms with E-state index in [0.717, 1.165) is 27.8 Å². The molecule has 136 valence electrons. The zero-order valence-electron chi connectivity index (χ0n) is 15.4. The molecule has 1 amide bonds. The van der Waals surface area contributed by atoms with Crippen LogP contribution < -0.4 is 9.47 Å². The Morgan fingerprint density at radius 2 is 1.73 bits per heavy atom. The Hall–Kier alpha value is -2.60. The molecule has 1 aliphatic heterocycles. The van der Waals surface area contributed by atoms with E-state index in [0.29, 0.717) is 24.0 Å². The Morgan fingerprint density at radius 1 is 1.04 bits per heavy atom. The largest absolute Gasteiger partial charge is 0.494 e. The maximum atomic E-state index is 12.6. The van der Waals surface area contributed by atoms with E-state index in [-0.39, 0.29) is 5.91 Å². The summed E-state index contributed by atoms with van der Waals surface area (Å²) in [5, 5.41) is 2.50. The summed E-state index contributed by atoms with van der Waals surface area (Å²) in [6, 6.07) is 9.87. The Morgan fingerprint density at radius 3 is 2.35 bits per heavy atom. The molecule has 6 heteroatoms. The summed E-state index contributed by atoms with van der Waals surface area (Å²) in [6.45, 7) is 5.02. The van der Waals surface area contributed by atoms with E-state index in [1.165, 1.54) is 4.90 Å². The number of carbonyl (C=O) groups excluding carboxylic acids is 1. The van der Waals surface area contributed by atoms with E-state index in [1.54, 1.807) is 19.0 Å². The van der Waals surface area contributed by atoms with Gasteiger partial charge in [-0.15, -0.1) is 0 Å². The van der Waals surface area contributed by atoms with Gasteiger partial charge in [0.15, 0.2) is 5.11 Å². The normalized spacial score (nSPS) is 16.1. The van der Waals surface area contributed by atoms with Crippen LogP contribution >= 0.6 is 12.2 Å². The second kappa shape index (κ2) is 7.33. The molecule has 3 rings (SSSR count). The van der Waals surface area contributed by atoms with E-state index >= 15 is 0 Å². The predicted octanol–water partition coefficient (Wildman–Crippen LogP) is 3.67. The van der Waals surface area contributed by atoms with Crippen LogP contribution in [0.25, 0.3) is 16.8 Å². The highest BCUT2D eigenvalue weighted by Crippen LogP contribution is 2.34. The predicted molar refractivity (Wildman–Crippen MR) is 107 cm³/mol. The van der Waals surface area contributed by atoms with Gasteiger partial charge in [-0.3, -0.25) is 9.69 Å². The Balaban J connectivity index is 2.23. The lowest BCUT2D eigenvalue weighted by molar-refractivity contribution is -0.121. The molecule has 1 aliphatic rings. The van der Waals surface area contributed by atoms with Crippen molar-refractivity contribution < 1.29 is 14.3 Å². The molecular weight excluding hydrogens is 348 g/mol. The standard InChI is InChI=1S/C20H22N2O3S/c1-5-24-14-9-7-13-8-10-18(25-6-2)16(15(13)11-14)12-17-19(23)22(4)20(26)21(17)3/h7-12H,5-6H2,1-4H3/b17-12-. The average Bonchev–Trinajstić information content (AvgIpc) is 2.81. The average molecular weight is 370 g/mol. The van der Waals surface area contributed by atoms with Crippen molar-refractivity contribution in [3.8, 4) is 11.5 Å². The second-order valence-electron chi connectivity index (χ2n) is 5.96. The number of ether oxygens (including phenoxy) is 2. The molecular formula is C20H22N2O3S. The van der Waals surface area contributed by atoms with Crippen molar-refractivity contribution >= 4 is 40.1 Å². The summed E-state index contributed by atoms with van der Waals surface area (Å²) >= 11 is 5.31. The van der Waals surface area contributed by atoms with Crippen molar-refractivity contribution in [2.45, 2.75) is 13.8 Å². The van der Waals surface area contributed by atoms with Gasteiger partial charge in [-0.05, 0) is 61.1 Å². The molecule has 1 saturated heterocycles. The smallest absolute Gasteiger partial charge is 0.276 e. The summed E-state index contributed by atoms with van der Waals surface area (Å²) < 4.78 is 11.5. The fourth-order valence-electron chi connectivity index (χ4n) is 3.01. The van der Waals surface area contributed by atoms with Crippen LogP contribution in [-0.2, 0) is 4.79 Å². The lowest BCUT2D eigenvalue weighted by Crippen LogP contribution is -2.26. The van der Waals surface area contributed by atoms with Gasteiger partial charge in [-0.25, -0.2) is 0 Å². The maximum Gasteiger partial charge on any atom is 0.276 e. The molecule has 0 radical (unpaired) electrons. The van der Waals surface area contributed by atoms with Crippen LogP contribution in [0.1, 0.15) is 19.4 Å². The Bertz CT molecular complexity index is 902. The van der Waals surface area contributed by atoms with Crippen LogP contribution in [0, 0.1) is 0 Å². The van der Waals surface area contributed by atoms with Crippen molar-refractivity contribution in [2.24, 2.45) is 0 Å².